The summed E-state index contributed by atoms with van der Waals surface area (Å²) in [6.45, 7) is 0.236. The number of hydrogen-bond donors (Lipinski definition) is 2. The second kappa shape index (κ2) is 7.26. The zero-order chi connectivity index (χ0) is 17.2. The van der Waals surface area contributed by atoms with E-state index >= 15 is 0 Å². The minimum atomic E-state index is -0.829. The maximum absolute atomic E-state index is 12.7. The van der Waals surface area contributed by atoms with Crippen LogP contribution in [0.4, 0.5) is 0 Å². The highest BCUT2D eigenvalue weighted by atomic mass is 35.5. The molecule has 24 heavy (non-hydrogen) atoms. The van der Waals surface area contributed by atoms with Crippen LogP contribution in [0.5, 0.6) is 0 Å². The first-order valence-corrected chi connectivity index (χ1v) is 8.99. The third-order valence-electron chi connectivity index (χ3n) is 4.63. The zero-order valence-corrected chi connectivity index (χ0v) is 14.8. The van der Waals surface area contributed by atoms with E-state index < -0.39 is 5.60 Å². The van der Waals surface area contributed by atoms with Gasteiger partial charge in [0.15, 0.2) is 0 Å². The van der Waals surface area contributed by atoms with Crippen LogP contribution in [0.3, 0.4) is 0 Å². The van der Waals surface area contributed by atoms with Crippen LogP contribution in [0.2, 0.25) is 10.2 Å². The van der Waals surface area contributed by atoms with Gasteiger partial charge >= 0.3 is 0 Å². The highest BCUT2D eigenvalue weighted by Gasteiger charge is 2.29. The van der Waals surface area contributed by atoms with Crippen molar-refractivity contribution in [1.29, 1.82) is 0 Å². The Bertz CT molecular complexity index is 756. The van der Waals surface area contributed by atoms with Crippen LogP contribution in [0, 0.1) is 0 Å². The van der Waals surface area contributed by atoms with Crippen LogP contribution in [0.1, 0.15) is 48.9 Å². The summed E-state index contributed by atoms with van der Waals surface area (Å²) in [7, 11) is 0. The molecule has 1 heterocycles. The van der Waals surface area contributed by atoms with Crippen molar-refractivity contribution in [3.8, 4) is 0 Å². The molecule has 0 unspecified atom stereocenters. The van der Waals surface area contributed by atoms with Gasteiger partial charge < -0.3 is 10.4 Å². The van der Waals surface area contributed by atoms with E-state index in [0.717, 1.165) is 25.7 Å². The monoisotopic (exact) mass is 366 g/mol. The fourth-order valence-electron chi connectivity index (χ4n) is 3.28. The zero-order valence-electron chi connectivity index (χ0n) is 13.3. The van der Waals surface area contributed by atoms with Crippen LogP contribution in [-0.2, 0) is 0 Å². The summed E-state index contributed by atoms with van der Waals surface area (Å²) in [5, 5.41) is 14.9. The van der Waals surface area contributed by atoms with Gasteiger partial charge in [0.1, 0.15) is 5.15 Å². The number of carbonyl (C=O) groups is 1. The summed E-state index contributed by atoms with van der Waals surface area (Å²) in [5.41, 5.74) is 0.158. The Labute approximate surface area is 151 Å². The van der Waals surface area contributed by atoms with Crippen LogP contribution in [0.25, 0.3) is 10.9 Å². The van der Waals surface area contributed by atoms with Gasteiger partial charge in [0.2, 0.25) is 0 Å². The van der Waals surface area contributed by atoms with Gasteiger partial charge in [-0.25, -0.2) is 4.98 Å². The van der Waals surface area contributed by atoms with Gasteiger partial charge in [-0.15, -0.1) is 0 Å². The number of aromatic nitrogens is 1. The quantitative estimate of drug-likeness (QED) is 0.626. The SMILES string of the molecule is O=C(NCC1(O)CCCCCC1)c1c(Cl)ccc2nc(Cl)ccc12. The molecule has 1 aromatic heterocycles. The van der Waals surface area contributed by atoms with E-state index in [4.69, 9.17) is 23.2 Å². The van der Waals surface area contributed by atoms with Gasteiger partial charge in [0, 0.05) is 11.9 Å². The Kier molecular flexibility index (Phi) is 5.28. The normalized spacial score (nSPS) is 17.5. The smallest absolute Gasteiger partial charge is 0.253 e. The van der Waals surface area contributed by atoms with E-state index in [-0.39, 0.29) is 12.5 Å². The maximum atomic E-state index is 12.7. The standard InChI is InChI=1S/C18H20Cl2N2O2/c19-13-6-7-14-12(5-8-15(20)22-14)16(13)17(23)21-11-18(24)9-3-1-2-4-10-18/h5-8,24H,1-4,9-11H2,(H,21,23). The van der Waals surface area contributed by atoms with E-state index in [0.29, 0.717) is 39.5 Å². The molecule has 128 valence electrons. The number of rotatable bonds is 3. The first-order valence-electron chi connectivity index (χ1n) is 8.24. The van der Waals surface area contributed by atoms with Gasteiger partial charge in [-0.3, -0.25) is 4.79 Å². The van der Waals surface area contributed by atoms with Crippen molar-refractivity contribution < 1.29 is 9.90 Å². The van der Waals surface area contributed by atoms with Crippen molar-refractivity contribution >= 4 is 40.0 Å². The summed E-state index contributed by atoms with van der Waals surface area (Å²) in [4.78, 5) is 16.9. The van der Waals surface area contributed by atoms with Crippen LogP contribution >= 0.6 is 23.2 Å². The number of pyridine rings is 1. The molecule has 0 spiro atoms. The molecule has 0 bridgehead atoms. The summed E-state index contributed by atoms with van der Waals surface area (Å²) in [5.74, 6) is -0.299. The molecule has 1 fully saturated rings. The second-order valence-corrected chi connectivity index (χ2v) is 7.24. The molecule has 1 amide bonds. The molecular formula is C18H20Cl2N2O2. The minimum absolute atomic E-state index is 0.236. The Morgan fingerprint density at radius 1 is 1.12 bits per heavy atom. The van der Waals surface area contributed by atoms with Crippen molar-refractivity contribution in [3.63, 3.8) is 0 Å². The number of halogens is 2. The molecule has 0 atom stereocenters. The van der Waals surface area contributed by atoms with E-state index in [1.54, 1.807) is 24.3 Å². The molecule has 1 saturated carbocycles. The lowest BCUT2D eigenvalue weighted by molar-refractivity contribution is 0.0247. The molecule has 2 N–H and O–H groups in total. The predicted octanol–water partition coefficient (Wildman–Crippen LogP) is 4.36. The summed E-state index contributed by atoms with van der Waals surface area (Å²) < 4.78 is 0. The number of fused-ring (bicyclic) bond motifs is 1. The molecule has 0 radical (unpaired) electrons. The molecule has 4 nitrogen and oxygen atoms in total. The number of nitrogens with zero attached hydrogens (tertiary/aromatic N) is 1. The third-order valence-corrected chi connectivity index (χ3v) is 5.15. The Hall–Kier alpha value is -1.36. The molecule has 2 aromatic rings. The van der Waals surface area contributed by atoms with Gasteiger partial charge in [0.05, 0.1) is 21.7 Å². The molecule has 1 aliphatic rings. The summed E-state index contributed by atoms with van der Waals surface area (Å²) in [6, 6.07) is 6.75. The Morgan fingerprint density at radius 3 is 2.54 bits per heavy atom. The number of benzene rings is 1. The van der Waals surface area contributed by atoms with Crippen LogP contribution < -0.4 is 5.32 Å². The van der Waals surface area contributed by atoms with Gasteiger partial charge in [-0.05, 0) is 37.1 Å². The highest BCUT2D eigenvalue weighted by molar-refractivity contribution is 6.36. The fraction of sp³-hybridized carbons (Fsp3) is 0.444. The largest absolute Gasteiger partial charge is 0.388 e. The number of hydrogen-bond acceptors (Lipinski definition) is 3. The van der Waals surface area contributed by atoms with Crippen molar-refractivity contribution in [1.82, 2.24) is 10.3 Å². The number of amides is 1. The number of aliphatic hydroxyl groups is 1. The third kappa shape index (κ3) is 3.82. The first kappa shape index (κ1) is 17.5. The Balaban J connectivity index is 1.82. The Morgan fingerprint density at radius 2 is 1.83 bits per heavy atom. The minimum Gasteiger partial charge on any atom is -0.388 e. The molecule has 3 rings (SSSR count). The van der Waals surface area contributed by atoms with E-state index in [1.165, 1.54) is 0 Å². The lowest BCUT2D eigenvalue weighted by Gasteiger charge is -2.27. The molecule has 0 saturated heterocycles. The fourth-order valence-corrected chi connectivity index (χ4v) is 3.68. The van der Waals surface area contributed by atoms with Gasteiger partial charge in [-0.2, -0.15) is 0 Å². The highest BCUT2D eigenvalue weighted by Crippen LogP contribution is 2.28. The maximum Gasteiger partial charge on any atom is 0.253 e. The second-order valence-electron chi connectivity index (χ2n) is 6.44. The summed E-state index contributed by atoms with van der Waals surface area (Å²) in [6.07, 6.45) is 5.69. The number of nitrogens with one attached hydrogen (secondary N) is 1. The average Bonchev–Trinajstić information content (AvgIpc) is 2.78. The molecule has 1 aromatic carbocycles. The molecule has 0 aliphatic heterocycles. The van der Waals surface area contributed by atoms with Crippen LogP contribution in [0.15, 0.2) is 24.3 Å². The van der Waals surface area contributed by atoms with Crippen LogP contribution in [-0.4, -0.2) is 28.1 Å². The average molecular weight is 367 g/mol. The van der Waals surface area contributed by atoms with E-state index in [2.05, 4.69) is 10.3 Å². The van der Waals surface area contributed by atoms with Gasteiger partial charge in [0.25, 0.3) is 5.91 Å². The molecular weight excluding hydrogens is 347 g/mol. The van der Waals surface area contributed by atoms with Crippen molar-refractivity contribution in [2.45, 2.75) is 44.1 Å². The van der Waals surface area contributed by atoms with Crippen molar-refractivity contribution in [3.05, 3.63) is 40.0 Å². The lowest BCUT2D eigenvalue weighted by Crippen LogP contribution is -2.42. The first-order chi connectivity index (χ1) is 11.5. The van der Waals surface area contributed by atoms with Gasteiger partial charge in [-0.1, -0.05) is 48.9 Å². The van der Waals surface area contributed by atoms with E-state index in [1.807, 2.05) is 0 Å². The predicted molar refractivity (Wildman–Crippen MR) is 96.7 cm³/mol. The van der Waals surface area contributed by atoms with E-state index in [9.17, 15) is 9.90 Å². The molecule has 6 heteroatoms. The number of carbonyl (C=O) groups excluding carboxylic acids is 1. The molecule has 1 aliphatic carbocycles. The topological polar surface area (TPSA) is 62.2 Å². The van der Waals surface area contributed by atoms with Crippen molar-refractivity contribution in [2.75, 3.05) is 6.54 Å². The lowest BCUT2D eigenvalue weighted by atomic mass is 9.94. The van der Waals surface area contributed by atoms with Crippen molar-refractivity contribution in [2.24, 2.45) is 0 Å². The summed E-state index contributed by atoms with van der Waals surface area (Å²) >= 11 is 12.1.